The standard InChI is InChI=1S/C18H20N6O2S/c1-26-16-4-2-15(3-5-16)22-7-9-23(10-8-22)17(25)12-24-20-18(19-21-24)14-6-11-27-13-14/h2-6,11,13H,7-10,12H2,1H3. The van der Waals surface area contributed by atoms with Crippen LogP contribution in [0.5, 0.6) is 5.75 Å². The van der Waals surface area contributed by atoms with Gasteiger partial charge in [-0.25, -0.2) is 0 Å². The minimum absolute atomic E-state index is 0.0126. The first-order chi connectivity index (χ1) is 13.2. The van der Waals surface area contributed by atoms with Crippen LogP contribution in [0.25, 0.3) is 11.4 Å². The molecule has 3 aromatic rings. The van der Waals surface area contributed by atoms with Gasteiger partial charge in [-0.15, -0.1) is 10.2 Å². The summed E-state index contributed by atoms with van der Waals surface area (Å²) in [5.74, 6) is 1.40. The van der Waals surface area contributed by atoms with Crippen molar-refractivity contribution in [2.24, 2.45) is 0 Å². The molecule has 0 spiro atoms. The van der Waals surface area contributed by atoms with Gasteiger partial charge in [0.15, 0.2) is 0 Å². The second-order valence-corrected chi connectivity index (χ2v) is 7.00. The Morgan fingerprint density at radius 2 is 1.93 bits per heavy atom. The van der Waals surface area contributed by atoms with Crippen LogP contribution >= 0.6 is 11.3 Å². The second-order valence-electron chi connectivity index (χ2n) is 6.22. The molecular formula is C18H20N6O2S. The summed E-state index contributed by atoms with van der Waals surface area (Å²) in [4.78, 5) is 18.0. The van der Waals surface area contributed by atoms with Gasteiger partial charge in [0, 0.05) is 42.8 Å². The third kappa shape index (κ3) is 3.92. The van der Waals surface area contributed by atoms with Crippen molar-refractivity contribution >= 4 is 22.9 Å². The fourth-order valence-electron chi connectivity index (χ4n) is 3.05. The average Bonchev–Trinajstić information content (AvgIpc) is 3.40. The van der Waals surface area contributed by atoms with Gasteiger partial charge >= 0.3 is 0 Å². The number of aromatic nitrogens is 4. The van der Waals surface area contributed by atoms with Crippen LogP contribution in [0.1, 0.15) is 0 Å². The molecule has 1 fully saturated rings. The maximum Gasteiger partial charge on any atom is 0.246 e. The van der Waals surface area contributed by atoms with E-state index in [1.54, 1.807) is 18.4 Å². The van der Waals surface area contributed by atoms with E-state index >= 15 is 0 Å². The molecular weight excluding hydrogens is 364 g/mol. The maximum atomic E-state index is 12.6. The molecule has 0 aliphatic carbocycles. The van der Waals surface area contributed by atoms with E-state index in [1.807, 2.05) is 46.0 Å². The Balaban J connectivity index is 1.32. The van der Waals surface area contributed by atoms with Crippen molar-refractivity contribution in [3.8, 4) is 17.1 Å². The number of rotatable bonds is 5. The number of hydrogen-bond acceptors (Lipinski definition) is 7. The van der Waals surface area contributed by atoms with Gasteiger partial charge in [0.25, 0.3) is 0 Å². The van der Waals surface area contributed by atoms with Crippen LogP contribution in [-0.4, -0.2) is 64.3 Å². The Kier molecular flexibility index (Phi) is 5.01. The number of piperazine rings is 1. The van der Waals surface area contributed by atoms with Crippen LogP contribution in [0.15, 0.2) is 41.1 Å². The fourth-order valence-corrected chi connectivity index (χ4v) is 3.68. The Labute approximate surface area is 161 Å². The van der Waals surface area contributed by atoms with Gasteiger partial charge < -0.3 is 14.5 Å². The molecule has 9 heteroatoms. The van der Waals surface area contributed by atoms with E-state index in [0.29, 0.717) is 18.9 Å². The molecule has 0 atom stereocenters. The minimum atomic E-state index is 0.0126. The smallest absolute Gasteiger partial charge is 0.246 e. The van der Waals surface area contributed by atoms with E-state index in [0.717, 1.165) is 30.1 Å². The Bertz CT molecular complexity index is 885. The maximum absolute atomic E-state index is 12.6. The normalized spacial score (nSPS) is 14.4. The van der Waals surface area contributed by atoms with E-state index in [2.05, 4.69) is 20.3 Å². The Morgan fingerprint density at radius 1 is 1.15 bits per heavy atom. The first kappa shape index (κ1) is 17.5. The van der Waals surface area contributed by atoms with Crippen LogP contribution in [0.3, 0.4) is 0 Å². The van der Waals surface area contributed by atoms with Crippen molar-refractivity contribution in [2.75, 3.05) is 38.2 Å². The van der Waals surface area contributed by atoms with Crippen molar-refractivity contribution in [1.29, 1.82) is 0 Å². The molecule has 8 nitrogen and oxygen atoms in total. The number of anilines is 1. The zero-order valence-corrected chi connectivity index (χ0v) is 15.8. The number of benzene rings is 1. The van der Waals surface area contributed by atoms with E-state index in [1.165, 1.54) is 4.80 Å². The lowest BCUT2D eigenvalue weighted by Gasteiger charge is -2.36. The molecule has 3 heterocycles. The van der Waals surface area contributed by atoms with Crippen LogP contribution in [0, 0.1) is 0 Å². The summed E-state index contributed by atoms with van der Waals surface area (Å²) in [5.41, 5.74) is 2.06. The molecule has 4 rings (SSSR count). The number of hydrogen-bond donors (Lipinski definition) is 0. The van der Waals surface area contributed by atoms with E-state index in [9.17, 15) is 4.79 Å². The largest absolute Gasteiger partial charge is 0.497 e. The topological polar surface area (TPSA) is 76.4 Å². The summed E-state index contributed by atoms with van der Waals surface area (Å²) in [6.07, 6.45) is 0. The number of ether oxygens (including phenoxy) is 1. The summed E-state index contributed by atoms with van der Waals surface area (Å²) in [6.45, 7) is 3.06. The zero-order valence-electron chi connectivity index (χ0n) is 15.0. The molecule has 0 saturated carbocycles. The molecule has 2 aromatic heterocycles. The molecule has 1 aliphatic rings. The third-order valence-corrected chi connectivity index (χ3v) is 5.26. The van der Waals surface area contributed by atoms with E-state index < -0.39 is 0 Å². The van der Waals surface area contributed by atoms with Gasteiger partial charge in [0.2, 0.25) is 11.7 Å². The van der Waals surface area contributed by atoms with Crippen molar-refractivity contribution in [3.63, 3.8) is 0 Å². The van der Waals surface area contributed by atoms with Gasteiger partial charge in [-0.05, 0) is 40.9 Å². The zero-order chi connectivity index (χ0) is 18.6. The fraction of sp³-hybridized carbons (Fsp3) is 0.333. The number of nitrogens with zero attached hydrogens (tertiary/aromatic N) is 6. The van der Waals surface area contributed by atoms with Crippen molar-refractivity contribution in [3.05, 3.63) is 41.1 Å². The quantitative estimate of drug-likeness (QED) is 0.667. The Hall–Kier alpha value is -2.94. The number of tetrazole rings is 1. The van der Waals surface area contributed by atoms with E-state index in [4.69, 9.17) is 4.74 Å². The summed E-state index contributed by atoms with van der Waals surface area (Å²) >= 11 is 1.58. The number of methoxy groups -OCH3 is 1. The average molecular weight is 384 g/mol. The molecule has 1 amide bonds. The lowest BCUT2D eigenvalue weighted by atomic mass is 10.2. The molecule has 0 bridgehead atoms. The number of amides is 1. The van der Waals surface area contributed by atoms with E-state index in [-0.39, 0.29) is 12.5 Å². The van der Waals surface area contributed by atoms with Gasteiger partial charge in [0.05, 0.1) is 7.11 Å². The van der Waals surface area contributed by atoms with Gasteiger partial charge in [-0.3, -0.25) is 4.79 Å². The third-order valence-electron chi connectivity index (χ3n) is 4.58. The van der Waals surface area contributed by atoms with Crippen molar-refractivity contribution in [1.82, 2.24) is 25.1 Å². The molecule has 27 heavy (non-hydrogen) atoms. The molecule has 1 saturated heterocycles. The van der Waals surface area contributed by atoms with Gasteiger partial charge in [-0.2, -0.15) is 16.1 Å². The van der Waals surface area contributed by atoms with Gasteiger partial charge in [-0.1, -0.05) is 0 Å². The Morgan fingerprint density at radius 3 is 2.59 bits per heavy atom. The van der Waals surface area contributed by atoms with Gasteiger partial charge in [0.1, 0.15) is 12.3 Å². The molecule has 1 aliphatic heterocycles. The highest BCUT2D eigenvalue weighted by molar-refractivity contribution is 7.08. The summed E-state index contributed by atoms with van der Waals surface area (Å²) in [7, 11) is 1.66. The van der Waals surface area contributed by atoms with Crippen LogP contribution in [0.2, 0.25) is 0 Å². The SMILES string of the molecule is COc1ccc(N2CCN(C(=O)Cn3nnc(-c4ccsc4)n3)CC2)cc1. The van der Waals surface area contributed by atoms with Crippen molar-refractivity contribution in [2.45, 2.75) is 6.54 Å². The molecule has 0 N–H and O–H groups in total. The predicted molar refractivity (Wildman–Crippen MR) is 103 cm³/mol. The highest BCUT2D eigenvalue weighted by Crippen LogP contribution is 2.21. The first-order valence-electron chi connectivity index (χ1n) is 8.70. The van der Waals surface area contributed by atoms with Crippen LogP contribution in [-0.2, 0) is 11.3 Å². The molecule has 1 aromatic carbocycles. The summed E-state index contributed by atoms with van der Waals surface area (Å²) in [5, 5.41) is 16.2. The number of carbonyl (C=O) groups is 1. The number of carbonyl (C=O) groups excluding carboxylic acids is 1. The molecule has 140 valence electrons. The summed E-state index contributed by atoms with van der Waals surface area (Å²) in [6, 6.07) is 9.93. The minimum Gasteiger partial charge on any atom is -0.497 e. The monoisotopic (exact) mass is 384 g/mol. The predicted octanol–water partition coefficient (Wildman–Crippen LogP) is 1.76. The van der Waals surface area contributed by atoms with Crippen LogP contribution in [0.4, 0.5) is 5.69 Å². The van der Waals surface area contributed by atoms with Crippen LogP contribution < -0.4 is 9.64 Å². The van der Waals surface area contributed by atoms with Crippen molar-refractivity contribution < 1.29 is 9.53 Å². The molecule has 0 unspecified atom stereocenters. The number of thiophene rings is 1. The lowest BCUT2D eigenvalue weighted by Crippen LogP contribution is -2.49. The lowest BCUT2D eigenvalue weighted by molar-refractivity contribution is -0.132. The second kappa shape index (κ2) is 7.75. The first-order valence-corrected chi connectivity index (χ1v) is 9.64. The highest BCUT2D eigenvalue weighted by Gasteiger charge is 2.22. The summed E-state index contributed by atoms with van der Waals surface area (Å²) < 4.78 is 5.20. The molecule has 0 radical (unpaired) electrons. The highest BCUT2D eigenvalue weighted by atomic mass is 32.1.